The van der Waals surface area contributed by atoms with Crippen LogP contribution in [0.25, 0.3) is 44.5 Å². The molecular formula is C134H122B2BrN3O4. The van der Waals surface area contributed by atoms with Crippen molar-refractivity contribution in [3.05, 3.63) is 492 Å². The molecule has 2 saturated heterocycles. The molecule has 27 rings (SSSR count). The van der Waals surface area contributed by atoms with Gasteiger partial charge in [0, 0.05) is 37.0 Å². The molecule has 0 spiro atoms. The molecule has 710 valence electrons. The fraction of sp³-hybridized carbons (Fsp3) is 0.239. The first-order valence-corrected chi connectivity index (χ1v) is 52.4. The van der Waals surface area contributed by atoms with Crippen molar-refractivity contribution in [2.45, 2.75) is 204 Å². The van der Waals surface area contributed by atoms with Crippen molar-refractivity contribution in [2.75, 3.05) is 14.7 Å². The fourth-order valence-corrected chi connectivity index (χ4v) is 27.0. The second-order valence-corrected chi connectivity index (χ2v) is 47.7. The van der Waals surface area contributed by atoms with Crippen LogP contribution < -0.4 is 25.6 Å². The van der Waals surface area contributed by atoms with E-state index in [9.17, 15) is 0 Å². The molecule has 0 aromatic heterocycles. The van der Waals surface area contributed by atoms with Gasteiger partial charge in [0.2, 0.25) is 0 Å². The van der Waals surface area contributed by atoms with Gasteiger partial charge in [-0.15, -0.1) is 0 Å². The highest BCUT2D eigenvalue weighted by atomic mass is 79.9. The highest BCUT2D eigenvalue weighted by Gasteiger charge is 2.58. The minimum Gasteiger partial charge on any atom is -0.399 e. The predicted octanol–water partition coefficient (Wildman–Crippen LogP) is 32.7. The lowest BCUT2D eigenvalue weighted by atomic mass is 9.65. The Hall–Kier alpha value is -13.4. The van der Waals surface area contributed by atoms with E-state index in [0.29, 0.717) is 0 Å². The van der Waals surface area contributed by atoms with Gasteiger partial charge in [-0.3, -0.25) is 0 Å². The molecule has 17 aromatic carbocycles. The van der Waals surface area contributed by atoms with Gasteiger partial charge >= 0.3 is 14.2 Å². The van der Waals surface area contributed by atoms with Gasteiger partial charge in [-0.1, -0.05) is 390 Å². The maximum Gasteiger partial charge on any atom is 0.494 e. The smallest absolute Gasteiger partial charge is 0.399 e. The van der Waals surface area contributed by atoms with E-state index >= 15 is 0 Å². The summed E-state index contributed by atoms with van der Waals surface area (Å²) in [5.74, 6) is 0. The van der Waals surface area contributed by atoms with Crippen LogP contribution in [-0.2, 0) is 61.9 Å². The molecule has 8 aliphatic heterocycles. The molecule has 2 fully saturated rings. The first-order chi connectivity index (χ1) is 68.8. The number of hydrogen-bond donors (Lipinski definition) is 0. The Morgan fingerprint density at radius 3 is 0.618 bits per heavy atom. The summed E-state index contributed by atoms with van der Waals surface area (Å²) in [4.78, 5) is 7.61. The molecule has 0 atom stereocenters. The predicted molar refractivity (Wildman–Crippen MR) is 601 cm³/mol. The molecule has 10 heteroatoms. The second-order valence-electron chi connectivity index (χ2n) is 46.8. The van der Waals surface area contributed by atoms with Crippen LogP contribution >= 0.6 is 15.9 Å². The molecule has 144 heavy (non-hydrogen) atoms. The Bertz CT molecular complexity index is 7540. The van der Waals surface area contributed by atoms with E-state index in [1.54, 1.807) is 0 Å². The van der Waals surface area contributed by atoms with Crippen molar-refractivity contribution in [1.82, 2.24) is 0 Å². The summed E-state index contributed by atoms with van der Waals surface area (Å²) < 4.78 is 27.3. The summed E-state index contributed by atoms with van der Waals surface area (Å²) in [6, 6.07) is 141. The second kappa shape index (κ2) is 31.8. The first-order valence-electron chi connectivity index (χ1n) is 51.6. The van der Waals surface area contributed by atoms with Crippen molar-refractivity contribution >= 4 is 92.3 Å². The van der Waals surface area contributed by atoms with Gasteiger partial charge in [0.25, 0.3) is 0 Å². The SMILES string of the molecule is CC1(C)OB(c2ccc3c(c2)C(c2ccccc2)(c2ccccc2)c2cc(B4OC(C)(C)C(C)(C)O4)ccc2-3)OC1(C)C.CC1(C)c2ccccc2N2c3ccccc3C(C)(C)c3cc(-c4ccc5c(c4)C(c4ccccc4)(c4ccccc4)c4cc(-c6cc7c8c(c6)C(C)(C)c6ccccc6N8c6ccccc6C7(C)C)ccc4-5)cc1c32.CC1(C)c2ccccc2N2c3ccccc3C(C)(C)c3cc(Br)cc1c32. The highest BCUT2D eigenvalue weighted by molar-refractivity contribution is 9.10. The van der Waals surface area contributed by atoms with Crippen molar-refractivity contribution in [3.8, 4) is 44.5 Å². The highest BCUT2D eigenvalue weighted by Crippen LogP contribution is 2.68. The lowest BCUT2D eigenvalue weighted by molar-refractivity contribution is 0.00578. The molecule has 8 heterocycles. The lowest BCUT2D eigenvalue weighted by Crippen LogP contribution is -2.41. The first kappa shape index (κ1) is 91.8. The molecule has 7 nitrogen and oxygen atoms in total. The van der Waals surface area contributed by atoms with Crippen molar-refractivity contribution in [3.63, 3.8) is 0 Å². The van der Waals surface area contributed by atoms with Gasteiger partial charge in [-0.25, -0.2) is 0 Å². The van der Waals surface area contributed by atoms with Crippen molar-refractivity contribution in [1.29, 1.82) is 0 Å². The van der Waals surface area contributed by atoms with Crippen LogP contribution in [0.15, 0.2) is 381 Å². The van der Waals surface area contributed by atoms with E-state index in [4.69, 9.17) is 18.6 Å². The topological polar surface area (TPSA) is 46.6 Å². The molecule has 17 aromatic rings. The number of anilines is 9. The van der Waals surface area contributed by atoms with Crippen LogP contribution in [0.5, 0.6) is 0 Å². The molecule has 0 amide bonds. The summed E-state index contributed by atoms with van der Waals surface area (Å²) in [6.07, 6.45) is 0. The molecule has 2 aliphatic carbocycles. The molecule has 0 radical (unpaired) electrons. The van der Waals surface area contributed by atoms with E-state index in [0.717, 1.165) is 15.4 Å². The Morgan fingerprint density at radius 1 is 0.188 bits per heavy atom. The third kappa shape index (κ3) is 12.9. The summed E-state index contributed by atoms with van der Waals surface area (Å²) in [5.41, 5.74) is 46.3. The van der Waals surface area contributed by atoms with Gasteiger partial charge in [-0.05, 0) is 307 Å². The number of halogens is 1. The molecule has 0 unspecified atom stereocenters. The van der Waals surface area contributed by atoms with Gasteiger partial charge in [0.05, 0.1) is 84.4 Å². The average Bonchev–Trinajstić information content (AvgIpc) is 1.53. The normalized spacial score (nSPS) is 18.8. The van der Waals surface area contributed by atoms with Crippen LogP contribution in [0.3, 0.4) is 0 Å². The number of rotatable bonds is 8. The number of para-hydroxylation sites is 6. The summed E-state index contributed by atoms with van der Waals surface area (Å²) in [7, 11) is -0.910. The van der Waals surface area contributed by atoms with Crippen LogP contribution in [0.4, 0.5) is 51.2 Å². The molecule has 10 aliphatic rings. The molecular weight excluding hydrogens is 1820 g/mol. The Morgan fingerprint density at radius 2 is 0.382 bits per heavy atom. The Kier molecular flexibility index (Phi) is 20.3. The largest absolute Gasteiger partial charge is 0.494 e. The number of fused-ring (bicyclic) bond motifs is 18. The molecule has 0 saturated carbocycles. The average molecular weight is 1940 g/mol. The number of hydrogen-bond acceptors (Lipinski definition) is 7. The van der Waals surface area contributed by atoms with Crippen LogP contribution in [-0.4, -0.2) is 36.6 Å². The van der Waals surface area contributed by atoms with Crippen LogP contribution in [0.1, 0.15) is 250 Å². The van der Waals surface area contributed by atoms with E-state index in [-0.39, 0.29) is 32.5 Å². The summed E-state index contributed by atoms with van der Waals surface area (Å²) in [5, 5.41) is 0. The minimum atomic E-state index is -0.607. The molecule has 0 bridgehead atoms. The van der Waals surface area contributed by atoms with E-state index in [2.05, 4.69) is 545 Å². The van der Waals surface area contributed by atoms with Gasteiger partial charge in [0.1, 0.15) is 0 Å². The summed E-state index contributed by atoms with van der Waals surface area (Å²) >= 11 is 3.79. The monoisotopic (exact) mass is 1940 g/mol. The zero-order chi connectivity index (χ0) is 99.6. The molecule has 0 N–H and O–H groups in total. The summed E-state index contributed by atoms with van der Waals surface area (Å²) in [6.45, 7) is 45.6. The van der Waals surface area contributed by atoms with Crippen molar-refractivity contribution in [2.24, 2.45) is 0 Å². The lowest BCUT2D eigenvalue weighted by Gasteiger charge is -2.49. The van der Waals surface area contributed by atoms with E-state index < -0.39 is 47.5 Å². The number of nitrogens with zero attached hydrogens (tertiary/aromatic N) is 3. The quantitative estimate of drug-likeness (QED) is 0.141. The van der Waals surface area contributed by atoms with Crippen molar-refractivity contribution < 1.29 is 18.6 Å². The third-order valence-corrected chi connectivity index (χ3v) is 36.2. The Labute approximate surface area is 859 Å². The standard InChI is InChI=1S/C73H60N2.C37H40B2O4.C24H22BrN/c1-69(2)53-27-15-19-31-63(53)74-64-32-20-16-28-54(64)70(3,4)60-42-47(41-59(69)67(60)74)45-35-37-51-52-38-36-46(40-58(52)73(57(51)39-45,49-23-11-9-12-24-49)50-25-13-10-14-26-50)48-43-61-68-62(44-48)72(7,8)56-30-18-22-34-66(56)75(68)65-33-21-17-29-55(65)71(61,5)6;1-33(2)34(3,4)41-38(40-33)27-19-21-29-30-22-20-28(39-42-35(5,6)36(7,8)43-39)24-32(30)37(31(29)23-27,25-15-11-9-12-16-25)26-17-13-10-14-18-26;1-23(2)16-9-5-7-11-20(16)26-21-12-8-6-10-17(21)24(3,4)19-14-15(25)13-18(23)22(19)26/h9-44H,1-8H3;9-24H,1-8H3;5-14H,1-4H3. The Balaban J connectivity index is 0.000000131. The maximum atomic E-state index is 6.54. The zero-order valence-electron chi connectivity index (χ0n) is 86.3. The zero-order valence-corrected chi connectivity index (χ0v) is 87.9. The van der Waals surface area contributed by atoms with Crippen LogP contribution in [0.2, 0.25) is 0 Å². The van der Waals surface area contributed by atoms with Gasteiger partial charge in [0.15, 0.2) is 0 Å². The van der Waals surface area contributed by atoms with E-state index in [1.807, 2.05) is 0 Å². The minimum absolute atomic E-state index is 0.0384. The number of benzene rings is 17. The van der Waals surface area contributed by atoms with E-state index in [1.165, 1.54) is 207 Å². The van der Waals surface area contributed by atoms with Gasteiger partial charge < -0.3 is 33.3 Å². The maximum absolute atomic E-state index is 6.54. The van der Waals surface area contributed by atoms with Crippen LogP contribution in [0, 0.1) is 0 Å². The van der Waals surface area contributed by atoms with Gasteiger partial charge in [-0.2, -0.15) is 0 Å². The fourth-order valence-electron chi connectivity index (χ4n) is 26.6. The third-order valence-electron chi connectivity index (χ3n) is 35.8.